The van der Waals surface area contributed by atoms with Crippen molar-refractivity contribution in [1.29, 1.82) is 0 Å². The number of carbonyl (C=O) groups is 2. The van der Waals surface area contributed by atoms with Crippen LogP contribution in [-0.4, -0.2) is 42.8 Å². The Labute approximate surface area is 153 Å². The lowest BCUT2D eigenvalue weighted by molar-refractivity contribution is -0.129. The fourth-order valence-electron chi connectivity index (χ4n) is 3.11. The van der Waals surface area contributed by atoms with Gasteiger partial charge in [-0.3, -0.25) is 9.59 Å². The molecule has 0 aromatic heterocycles. The molecule has 1 heterocycles. The number of ketones is 1. The molecular formula is C20H24N4O2. The van der Waals surface area contributed by atoms with E-state index in [9.17, 15) is 9.59 Å². The summed E-state index contributed by atoms with van der Waals surface area (Å²) in [5.41, 5.74) is 10.0. The highest BCUT2D eigenvalue weighted by Gasteiger charge is 2.18. The van der Waals surface area contributed by atoms with Crippen molar-refractivity contribution in [2.24, 2.45) is 0 Å². The van der Waals surface area contributed by atoms with Crippen LogP contribution >= 0.6 is 0 Å². The van der Waals surface area contributed by atoms with Gasteiger partial charge in [-0.25, -0.2) is 0 Å². The van der Waals surface area contributed by atoms with Crippen molar-refractivity contribution in [3.63, 3.8) is 0 Å². The predicted octanol–water partition coefficient (Wildman–Crippen LogP) is 2.88. The number of nitrogens with two attached hydrogens (primary N) is 1. The van der Waals surface area contributed by atoms with Crippen molar-refractivity contribution >= 4 is 34.4 Å². The summed E-state index contributed by atoms with van der Waals surface area (Å²) in [6.07, 6.45) is 0. The highest BCUT2D eigenvalue weighted by molar-refractivity contribution is 5.96. The number of nitrogens with one attached hydrogen (secondary N) is 1. The van der Waals surface area contributed by atoms with Crippen LogP contribution in [0.3, 0.4) is 0 Å². The Balaban J connectivity index is 1.72. The number of piperazine rings is 1. The lowest BCUT2D eigenvalue weighted by atomic mass is 10.1. The highest BCUT2D eigenvalue weighted by atomic mass is 16.2. The summed E-state index contributed by atoms with van der Waals surface area (Å²) < 4.78 is 0. The van der Waals surface area contributed by atoms with E-state index >= 15 is 0 Å². The minimum absolute atomic E-state index is 0.00468. The SMILES string of the molecule is CC(=O)c1ccc(Nc2cccc(N3CCN(C(C)=O)CC3)c2)c(N)c1. The van der Waals surface area contributed by atoms with Crippen LogP contribution < -0.4 is 16.0 Å². The molecule has 26 heavy (non-hydrogen) atoms. The lowest BCUT2D eigenvalue weighted by Gasteiger charge is -2.35. The zero-order chi connectivity index (χ0) is 18.7. The maximum Gasteiger partial charge on any atom is 0.219 e. The Bertz CT molecular complexity index is 826. The van der Waals surface area contributed by atoms with E-state index in [-0.39, 0.29) is 11.7 Å². The van der Waals surface area contributed by atoms with E-state index in [1.165, 1.54) is 6.92 Å². The minimum Gasteiger partial charge on any atom is -0.397 e. The quantitative estimate of drug-likeness (QED) is 0.653. The van der Waals surface area contributed by atoms with E-state index in [4.69, 9.17) is 5.73 Å². The van der Waals surface area contributed by atoms with Crippen molar-refractivity contribution in [3.8, 4) is 0 Å². The van der Waals surface area contributed by atoms with Gasteiger partial charge in [0.2, 0.25) is 5.91 Å². The van der Waals surface area contributed by atoms with Crippen molar-refractivity contribution in [1.82, 2.24) is 4.90 Å². The number of anilines is 4. The Morgan fingerprint density at radius 3 is 2.35 bits per heavy atom. The lowest BCUT2D eigenvalue weighted by Crippen LogP contribution is -2.48. The maximum absolute atomic E-state index is 11.5. The van der Waals surface area contributed by atoms with E-state index in [0.717, 1.165) is 43.2 Å². The van der Waals surface area contributed by atoms with Crippen molar-refractivity contribution in [3.05, 3.63) is 48.0 Å². The number of hydrogen-bond acceptors (Lipinski definition) is 5. The molecular weight excluding hydrogens is 328 g/mol. The number of Topliss-reactive ketones (excluding diaryl/α,β-unsaturated/α-hetero) is 1. The van der Waals surface area contributed by atoms with E-state index in [0.29, 0.717) is 11.3 Å². The molecule has 0 spiro atoms. The van der Waals surface area contributed by atoms with Crippen molar-refractivity contribution < 1.29 is 9.59 Å². The third-order valence-electron chi connectivity index (χ3n) is 4.67. The fourth-order valence-corrected chi connectivity index (χ4v) is 3.11. The molecule has 1 aliphatic heterocycles. The first-order valence-electron chi connectivity index (χ1n) is 8.72. The van der Waals surface area contributed by atoms with Crippen LogP contribution in [0.4, 0.5) is 22.7 Å². The van der Waals surface area contributed by atoms with Crippen LogP contribution in [0.1, 0.15) is 24.2 Å². The first kappa shape index (κ1) is 17.8. The van der Waals surface area contributed by atoms with Crippen LogP contribution in [0.5, 0.6) is 0 Å². The van der Waals surface area contributed by atoms with Gasteiger partial charge in [0.05, 0.1) is 11.4 Å². The largest absolute Gasteiger partial charge is 0.397 e. The molecule has 1 aliphatic rings. The van der Waals surface area contributed by atoms with Gasteiger partial charge in [0.1, 0.15) is 0 Å². The van der Waals surface area contributed by atoms with Crippen molar-refractivity contribution in [2.75, 3.05) is 42.1 Å². The molecule has 1 amide bonds. The molecule has 0 radical (unpaired) electrons. The molecule has 3 rings (SSSR count). The normalized spacial score (nSPS) is 14.2. The average Bonchev–Trinajstić information content (AvgIpc) is 2.63. The molecule has 2 aromatic carbocycles. The summed E-state index contributed by atoms with van der Waals surface area (Å²) in [5.74, 6) is 0.125. The van der Waals surface area contributed by atoms with E-state index in [2.05, 4.69) is 22.3 Å². The minimum atomic E-state index is -0.00468. The summed E-state index contributed by atoms with van der Waals surface area (Å²) in [7, 11) is 0. The highest BCUT2D eigenvalue weighted by Crippen LogP contribution is 2.27. The standard InChI is InChI=1S/C20H24N4O2/c1-14(25)16-6-7-20(19(21)12-16)22-17-4-3-5-18(13-17)24-10-8-23(9-11-24)15(2)26/h3-7,12-13,22H,8-11,21H2,1-2H3. The van der Waals surface area contributed by atoms with Gasteiger partial charge in [0, 0.05) is 50.0 Å². The number of carbonyl (C=O) groups excluding carboxylic acids is 2. The molecule has 1 fully saturated rings. The van der Waals surface area contributed by atoms with E-state index < -0.39 is 0 Å². The number of rotatable bonds is 4. The smallest absolute Gasteiger partial charge is 0.219 e. The first-order valence-corrected chi connectivity index (χ1v) is 8.72. The maximum atomic E-state index is 11.5. The Hall–Kier alpha value is -3.02. The van der Waals surface area contributed by atoms with Crippen LogP contribution in [0.15, 0.2) is 42.5 Å². The fraction of sp³-hybridized carbons (Fsp3) is 0.300. The van der Waals surface area contributed by atoms with E-state index in [1.54, 1.807) is 19.1 Å². The van der Waals surface area contributed by atoms with E-state index in [1.807, 2.05) is 23.1 Å². The van der Waals surface area contributed by atoms with Gasteiger partial charge in [0.15, 0.2) is 5.78 Å². The molecule has 6 nitrogen and oxygen atoms in total. The molecule has 1 saturated heterocycles. The van der Waals surface area contributed by atoms with Gasteiger partial charge in [-0.1, -0.05) is 6.07 Å². The van der Waals surface area contributed by atoms with Gasteiger partial charge >= 0.3 is 0 Å². The van der Waals surface area contributed by atoms with Gasteiger partial charge in [-0.05, 0) is 43.3 Å². The van der Waals surface area contributed by atoms with Crippen LogP contribution in [0, 0.1) is 0 Å². The topological polar surface area (TPSA) is 78.7 Å². The van der Waals surface area contributed by atoms with Gasteiger partial charge in [0.25, 0.3) is 0 Å². The Morgan fingerprint density at radius 1 is 1.00 bits per heavy atom. The molecule has 136 valence electrons. The van der Waals surface area contributed by atoms with Gasteiger partial charge in [-0.2, -0.15) is 0 Å². The zero-order valence-corrected chi connectivity index (χ0v) is 15.2. The number of nitrogens with zero attached hydrogens (tertiary/aromatic N) is 2. The van der Waals surface area contributed by atoms with Crippen LogP contribution in [0.2, 0.25) is 0 Å². The number of amides is 1. The Kier molecular flexibility index (Phi) is 5.11. The third-order valence-corrected chi connectivity index (χ3v) is 4.67. The molecule has 0 bridgehead atoms. The number of benzene rings is 2. The molecule has 0 saturated carbocycles. The monoisotopic (exact) mass is 352 g/mol. The second kappa shape index (κ2) is 7.47. The third kappa shape index (κ3) is 3.96. The first-order chi connectivity index (χ1) is 12.4. The molecule has 3 N–H and O–H groups in total. The van der Waals surface area contributed by atoms with Crippen molar-refractivity contribution in [2.45, 2.75) is 13.8 Å². The second-order valence-corrected chi connectivity index (χ2v) is 6.53. The summed E-state index contributed by atoms with van der Waals surface area (Å²) >= 11 is 0. The van der Waals surface area contributed by atoms with Gasteiger partial charge in [-0.15, -0.1) is 0 Å². The Morgan fingerprint density at radius 2 is 1.73 bits per heavy atom. The van der Waals surface area contributed by atoms with Gasteiger partial charge < -0.3 is 20.9 Å². The number of hydrogen-bond donors (Lipinski definition) is 2. The molecule has 0 aliphatic carbocycles. The molecule has 2 aromatic rings. The number of nitrogen functional groups attached to an aromatic ring is 1. The predicted molar refractivity (Wildman–Crippen MR) is 105 cm³/mol. The zero-order valence-electron chi connectivity index (χ0n) is 15.2. The molecule has 6 heteroatoms. The average molecular weight is 352 g/mol. The summed E-state index contributed by atoms with van der Waals surface area (Å²) in [6.45, 7) is 6.26. The summed E-state index contributed by atoms with van der Waals surface area (Å²) in [6, 6.07) is 13.4. The molecule has 0 unspecified atom stereocenters. The second-order valence-electron chi connectivity index (χ2n) is 6.53. The molecule has 0 atom stereocenters. The summed E-state index contributed by atoms with van der Waals surface area (Å²) in [4.78, 5) is 27.0. The van der Waals surface area contributed by atoms with Crippen LogP contribution in [-0.2, 0) is 4.79 Å². The van der Waals surface area contributed by atoms with Crippen LogP contribution in [0.25, 0.3) is 0 Å². The summed E-state index contributed by atoms with van der Waals surface area (Å²) in [5, 5.41) is 3.32.